The highest BCUT2D eigenvalue weighted by Gasteiger charge is 2.20. The maximum Gasteiger partial charge on any atom is 0.240 e. The van der Waals surface area contributed by atoms with Gasteiger partial charge in [0.25, 0.3) is 0 Å². The first-order valence-corrected chi connectivity index (χ1v) is 12.1. The number of amides is 1. The van der Waals surface area contributed by atoms with Gasteiger partial charge in [0.1, 0.15) is 5.82 Å². The van der Waals surface area contributed by atoms with Crippen molar-refractivity contribution in [2.45, 2.75) is 13.5 Å². The van der Waals surface area contributed by atoms with E-state index in [2.05, 4.69) is 54.8 Å². The fourth-order valence-electron chi connectivity index (χ4n) is 4.20. The molecule has 3 heterocycles. The van der Waals surface area contributed by atoms with Crippen molar-refractivity contribution in [3.8, 4) is 11.4 Å². The van der Waals surface area contributed by atoms with Gasteiger partial charge in [-0.2, -0.15) is 0 Å². The van der Waals surface area contributed by atoms with Crippen molar-refractivity contribution in [3.05, 3.63) is 66.5 Å². The van der Waals surface area contributed by atoms with Crippen molar-refractivity contribution < 1.29 is 4.79 Å². The highest BCUT2D eigenvalue weighted by atomic mass is 32.1. The molecule has 7 nitrogen and oxygen atoms in total. The number of imidazole rings is 1. The van der Waals surface area contributed by atoms with Crippen LogP contribution in [0.3, 0.4) is 0 Å². The molecule has 1 aliphatic heterocycles. The Morgan fingerprint density at radius 1 is 1.03 bits per heavy atom. The molecule has 1 amide bonds. The number of carbonyl (C=O) groups excluding carboxylic acids is 1. The lowest BCUT2D eigenvalue weighted by atomic mass is 10.2. The van der Waals surface area contributed by atoms with Crippen molar-refractivity contribution in [1.82, 2.24) is 24.3 Å². The summed E-state index contributed by atoms with van der Waals surface area (Å²) >= 11 is 1.53. The van der Waals surface area contributed by atoms with Gasteiger partial charge in [-0.15, -0.1) is 0 Å². The zero-order valence-electron chi connectivity index (χ0n) is 18.8. The zero-order valence-corrected chi connectivity index (χ0v) is 19.6. The molecule has 0 bridgehead atoms. The molecule has 33 heavy (non-hydrogen) atoms. The topological polar surface area (TPSA) is 66.3 Å². The molecule has 2 aromatic carbocycles. The normalized spacial score (nSPS) is 15.2. The number of hydrogen-bond donors (Lipinski definition) is 1. The van der Waals surface area contributed by atoms with E-state index in [0.717, 1.165) is 60.9 Å². The van der Waals surface area contributed by atoms with Crippen LogP contribution in [0.2, 0.25) is 0 Å². The minimum absolute atomic E-state index is 0.00477. The number of nitrogens with one attached hydrogen (secondary N) is 1. The summed E-state index contributed by atoms with van der Waals surface area (Å²) in [6.07, 6.45) is 3.91. The number of aryl methyl sites for hydroxylation is 1. The molecule has 0 aliphatic carbocycles. The second kappa shape index (κ2) is 9.82. The first-order valence-electron chi connectivity index (χ1n) is 11.3. The first kappa shape index (κ1) is 21.8. The minimum Gasteiger partial charge on any atom is -0.330 e. The summed E-state index contributed by atoms with van der Waals surface area (Å²) < 4.78 is 3.32. The van der Waals surface area contributed by atoms with E-state index in [1.165, 1.54) is 16.9 Å². The molecule has 4 aromatic rings. The Kier molecular flexibility index (Phi) is 6.48. The molecule has 5 rings (SSSR count). The molecular formula is C25H28N6OS. The largest absolute Gasteiger partial charge is 0.330 e. The predicted octanol–water partition coefficient (Wildman–Crippen LogP) is 3.72. The van der Waals surface area contributed by atoms with E-state index in [1.807, 2.05) is 42.7 Å². The van der Waals surface area contributed by atoms with Crippen LogP contribution in [0.1, 0.15) is 5.56 Å². The van der Waals surface area contributed by atoms with E-state index in [-0.39, 0.29) is 5.91 Å². The zero-order chi connectivity index (χ0) is 22.6. The molecule has 0 radical (unpaired) electrons. The summed E-state index contributed by atoms with van der Waals surface area (Å²) in [7, 11) is 0. The van der Waals surface area contributed by atoms with Crippen LogP contribution in [0.15, 0.2) is 60.9 Å². The Labute approximate surface area is 197 Å². The third-order valence-corrected chi connectivity index (χ3v) is 6.96. The van der Waals surface area contributed by atoms with Crippen LogP contribution in [0.5, 0.6) is 0 Å². The van der Waals surface area contributed by atoms with E-state index in [0.29, 0.717) is 11.7 Å². The smallest absolute Gasteiger partial charge is 0.240 e. The van der Waals surface area contributed by atoms with Gasteiger partial charge < -0.3 is 9.88 Å². The van der Waals surface area contributed by atoms with Gasteiger partial charge in [0, 0.05) is 57.2 Å². The summed E-state index contributed by atoms with van der Waals surface area (Å²) in [4.78, 5) is 26.3. The molecule has 170 valence electrons. The van der Waals surface area contributed by atoms with Crippen LogP contribution in [-0.2, 0) is 11.3 Å². The van der Waals surface area contributed by atoms with E-state index in [1.54, 1.807) is 0 Å². The lowest BCUT2D eigenvalue weighted by Crippen LogP contribution is -2.49. The number of benzene rings is 2. The number of aromatic nitrogens is 3. The molecule has 1 saturated heterocycles. The van der Waals surface area contributed by atoms with Crippen molar-refractivity contribution in [3.63, 3.8) is 0 Å². The quantitative estimate of drug-likeness (QED) is 0.455. The molecule has 1 aliphatic rings. The molecule has 0 unspecified atom stereocenters. The summed E-state index contributed by atoms with van der Waals surface area (Å²) in [6.45, 7) is 8.05. The Morgan fingerprint density at radius 2 is 1.82 bits per heavy atom. The number of piperazine rings is 1. The van der Waals surface area contributed by atoms with E-state index >= 15 is 0 Å². The van der Waals surface area contributed by atoms with Crippen molar-refractivity contribution in [2.75, 3.05) is 44.6 Å². The summed E-state index contributed by atoms with van der Waals surface area (Å²) in [5.41, 5.74) is 3.27. The lowest BCUT2D eigenvalue weighted by molar-refractivity contribution is -0.117. The molecule has 0 atom stereocenters. The van der Waals surface area contributed by atoms with Crippen LogP contribution in [0.4, 0.5) is 5.13 Å². The van der Waals surface area contributed by atoms with E-state index < -0.39 is 0 Å². The molecule has 2 aromatic heterocycles. The number of rotatable bonds is 7. The summed E-state index contributed by atoms with van der Waals surface area (Å²) in [5.74, 6) is 1.01. The molecule has 0 spiro atoms. The van der Waals surface area contributed by atoms with Crippen molar-refractivity contribution in [1.29, 1.82) is 0 Å². The van der Waals surface area contributed by atoms with E-state index in [4.69, 9.17) is 0 Å². The number of nitrogens with zero attached hydrogens (tertiary/aromatic N) is 5. The van der Waals surface area contributed by atoms with Gasteiger partial charge in [0.2, 0.25) is 5.91 Å². The van der Waals surface area contributed by atoms with Crippen LogP contribution in [0.25, 0.3) is 21.6 Å². The maximum absolute atomic E-state index is 12.5. The number of fused-ring (bicyclic) bond motifs is 1. The first-order chi connectivity index (χ1) is 16.1. The minimum atomic E-state index is 0.00477. The number of carbonyl (C=O) groups is 1. The number of thiazole rings is 1. The van der Waals surface area contributed by atoms with E-state index in [9.17, 15) is 4.79 Å². The van der Waals surface area contributed by atoms with Gasteiger partial charge in [-0.3, -0.25) is 14.6 Å². The number of hydrogen-bond acceptors (Lipinski definition) is 6. The second-order valence-electron chi connectivity index (χ2n) is 8.47. The fraction of sp³-hybridized carbons (Fsp3) is 0.320. The summed E-state index contributed by atoms with van der Waals surface area (Å²) in [6, 6.07) is 16.5. The van der Waals surface area contributed by atoms with Crippen LogP contribution >= 0.6 is 11.3 Å². The Balaban J connectivity index is 1.08. The molecule has 1 N–H and O–H groups in total. The molecule has 0 saturated carbocycles. The lowest BCUT2D eigenvalue weighted by Gasteiger charge is -2.34. The highest BCUT2D eigenvalue weighted by Crippen LogP contribution is 2.26. The van der Waals surface area contributed by atoms with Gasteiger partial charge >= 0.3 is 0 Å². The van der Waals surface area contributed by atoms with Crippen molar-refractivity contribution in [2.24, 2.45) is 0 Å². The monoisotopic (exact) mass is 460 g/mol. The van der Waals surface area contributed by atoms with Crippen molar-refractivity contribution >= 4 is 32.6 Å². The molecular weight excluding hydrogens is 432 g/mol. The van der Waals surface area contributed by atoms with Gasteiger partial charge in [-0.25, -0.2) is 9.97 Å². The third-order valence-electron chi connectivity index (χ3n) is 6.03. The SMILES string of the molecule is Cc1ccc2nc(NC(=O)CN3CCN(CCn4ccnc4-c4ccccc4)CC3)sc2c1. The Morgan fingerprint density at radius 3 is 2.64 bits per heavy atom. The average Bonchev–Trinajstić information content (AvgIpc) is 3.45. The van der Waals surface area contributed by atoms with Gasteiger partial charge in [0.05, 0.1) is 16.8 Å². The average molecular weight is 461 g/mol. The van der Waals surface area contributed by atoms with Crippen LogP contribution < -0.4 is 5.32 Å². The van der Waals surface area contributed by atoms with Gasteiger partial charge in [0.15, 0.2) is 5.13 Å². The Bertz CT molecular complexity index is 1230. The maximum atomic E-state index is 12.5. The molecule has 8 heteroatoms. The van der Waals surface area contributed by atoms with Gasteiger partial charge in [-0.1, -0.05) is 47.7 Å². The van der Waals surface area contributed by atoms with Gasteiger partial charge in [-0.05, 0) is 24.6 Å². The Hall–Kier alpha value is -3.07. The van der Waals surface area contributed by atoms with Crippen LogP contribution in [-0.4, -0.2) is 69.5 Å². The highest BCUT2D eigenvalue weighted by molar-refractivity contribution is 7.22. The fourth-order valence-corrected chi connectivity index (χ4v) is 5.18. The van der Waals surface area contributed by atoms with Crippen LogP contribution in [0, 0.1) is 6.92 Å². The molecule has 1 fully saturated rings. The standard InChI is InChI=1S/C25H28N6OS/c1-19-7-8-21-22(17-19)33-25(27-21)28-23(32)18-30-13-11-29(12-14-30)15-16-31-10-9-26-24(31)20-5-3-2-4-6-20/h2-10,17H,11-16,18H2,1H3,(H,27,28,32). The second-order valence-corrected chi connectivity index (χ2v) is 9.50. The summed E-state index contributed by atoms with van der Waals surface area (Å²) in [5, 5.41) is 3.65. The predicted molar refractivity (Wildman–Crippen MR) is 134 cm³/mol. The third kappa shape index (κ3) is 5.30. The number of anilines is 1.